The Morgan fingerprint density at radius 3 is 2.38 bits per heavy atom. The van der Waals surface area contributed by atoms with Gasteiger partial charge in [-0.15, -0.1) is 24.8 Å². The largest absolute Gasteiger partial charge is 0.496 e. The molecule has 8 heteroatoms. The molecule has 3 N–H and O–H groups in total. The van der Waals surface area contributed by atoms with Crippen molar-refractivity contribution in [3.8, 4) is 5.75 Å². The van der Waals surface area contributed by atoms with Crippen LogP contribution >= 0.6 is 36.4 Å². The Morgan fingerprint density at radius 2 is 1.92 bits per heavy atom. The monoisotopic (exact) mass is 399 g/mol. The number of hydrogen-bond acceptors (Lipinski definition) is 4. The second kappa shape index (κ2) is 10.2. The highest BCUT2D eigenvalue weighted by Gasteiger charge is 2.29. The van der Waals surface area contributed by atoms with Gasteiger partial charge in [-0.1, -0.05) is 25.4 Å². The van der Waals surface area contributed by atoms with Crippen molar-refractivity contribution in [1.29, 1.82) is 0 Å². The Hall–Kier alpha value is -0.880. The summed E-state index contributed by atoms with van der Waals surface area (Å²) in [5.74, 6) is 0.190. The quantitative estimate of drug-likeness (QED) is 0.717. The number of hydrogen-bond donors (Lipinski definition) is 2. The molecule has 0 fully saturated rings. The SMILES string of the molecule is COc1cc(N)c(Cl)cc1C(=O)NC(C)C(C)(C)CN(C)C.Cl.Cl. The summed E-state index contributed by atoms with van der Waals surface area (Å²) in [6, 6.07) is 3.08. The van der Waals surface area contributed by atoms with Crippen molar-refractivity contribution >= 4 is 48.0 Å². The van der Waals surface area contributed by atoms with Crippen LogP contribution in [0.3, 0.4) is 0 Å². The number of methoxy groups -OCH3 is 1. The van der Waals surface area contributed by atoms with Crippen LogP contribution in [0.25, 0.3) is 0 Å². The smallest absolute Gasteiger partial charge is 0.255 e. The van der Waals surface area contributed by atoms with Gasteiger partial charge in [-0.25, -0.2) is 0 Å². The molecule has 5 nitrogen and oxygen atoms in total. The molecule has 0 saturated heterocycles. The Bertz CT molecular complexity index is 552. The van der Waals surface area contributed by atoms with Gasteiger partial charge in [0.2, 0.25) is 0 Å². The van der Waals surface area contributed by atoms with E-state index >= 15 is 0 Å². The first-order valence-corrected chi connectivity index (χ1v) is 7.55. The molecule has 0 radical (unpaired) electrons. The van der Waals surface area contributed by atoms with Gasteiger partial charge in [-0.2, -0.15) is 0 Å². The maximum Gasteiger partial charge on any atom is 0.255 e. The topological polar surface area (TPSA) is 67.6 Å². The minimum absolute atomic E-state index is 0. The summed E-state index contributed by atoms with van der Waals surface area (Å²) in [6.07, 6.45) is 0. The molecule has 0 aliphatic carbocycles. The lowest BCUT2D eigenvalue weighted by Gasteiger charge is -2.35. The molecule has 1 aromatic carbocycles. The maximum atomic E-state index is 12.5. The molecule has 1 aromatic rings. The molecule has 0 heterocycles. The van der Waals surface area contributed by atoms with E-state index in [1.165, 1.54) is 13.2 Å². The lowest BCUT2D eigenvalue weighted by molar-refractivity contribution is 0.0882. The predicted molar refractivity (Wildman–Crippen MR) is 106 cm³/mol. The maximum absolute atomic E-state index is 12.5. The van der Waals surface area contributed by atoms with Crippen molar-refractivity contribution in [2.24, 2.45) is 5.41 Å². The number of anilines is 1. The van der Waals surface area contributed by atoms with Crippen LogP contribution in [-0.4, -0.2) is 44.6 Å². The number of ether oxygens (including phenoxy) is 1. The lowest BCUT2D eigenvalue weighted by Crippen LogP contribution is -2.47. The molecule has 1 atom stereocenters. The number of nitrogen functional groups attached to an aromatic ring is 1. The molecule has 140 valence electrons. The van der Waals surface area contributed by atoms with Crippen molar-refractivity contribution in [1.82, 2.24) is 10.2 Å². The molecular formula is C16H28Cl3N3O2. The van der Waals surface area contributed by atoms with E-state index < -0.39 is 0 Å². The van der Waals surface area contributed by atoms with E-state index in [1.807, 2.05) is 21.0 Å². The van der Waals surface area contributed by atoms with Crippen molar-refractivity contribution in [2.45, 2.75) is 26.8 Å². The van der Waals surface area contributed by atoms with Gasteiger partial charge in [-0.05, 0) is 32.5 Å². The minimum atomic E-state index is -0.224. The van der Waals surface area contributed by atoms with Crippen molar-refractivity contribution in [2.75, 3.05) is 33.5 Å². The zero-order chi connectivity index (χ0) is 17.1. The Labute approximate surface area is 162 Å². The van der Waals surface area contributed by atoms with Crippen molar-refractivity contribution < 1.29 is 9.53 Å². The molecule has 0 aliphatic heterocycles. The fourth-order valence-corrected chi connectivity index (χ4v) is 2.50. The highest BCUT2D eigenvalue weighted by atomic mass is 35.5. The molecule has 1 unspecified atom stereocenters. The van der Waals surface area contributed by atoms with Crippen molar-refractivity contribution in [3.63, 3.8) is 0 Å². The zero-order valence-electron chi connectivity index (χ0n) is 15.0. The zero-order valence-corrected chi connectivity index (χ0v) is 17.4. The first-order chi connectivity index (χ1) is 10.1. The molecule has 0 aliphatic rings. The highest BCUT2D eigenvalue weighted by Crippen LogP contribution is 2.29. The Balaban J connectivity index is 0. The Kier molecular flexibility index (Phi) is 10.8. The number of nitrogens with two attached hydrogens (primary N) is 1. The van der Waals surface area contributed by atoms with Gasteiger partial charge < -0.3 is 20.7 Å². The summed E-state index contributed by atoms with van der Waals surface area (Å²) >= 11 is 6.01. The molecule has 24 heavy (non-hydrogen) atoms. The summed E-state index contributed by atoms with van der Waals surface area (Å²) in [4.78, 5) is 14.6. The minimum Gasteiger partial charge on any atom is -0.496 e. The molecular weight excluding hydrogens is 373 g/mol. The van der Waals surface area contributed by atoms with E-state index in [4.69, 9.17) is 22.1 Å². The van der Waals surface area contributed by atoms with Crippen LogP contribution in [0.1, 0.15) is 31.1 Å². The number of carbonyl (C=O) groups is 1. The van der Waals surface area contributed by atoms with E-state index in [2.05, 4.69) is 24.1 Å². The van der Waals surface area contributed by atoms with E-state index in [-0.39, 0.29) is 42.2 Å². The van der Waals surface area contributed by atoms with E-state index in [0.717, 1.165) is 6.54 Å². The standard InChI is InChI=1S/C16H26ClN3O2.2ClH/c1-10(16(2,3)9-20(4)5)19-15(21)11-7-12(17)13(18)8-14(11)22-6;;/h7-8,10H,9,18H2,1-6H3,(H,19,21);2*1H. The normalized spacial score (nSPS) is 12.0. The Morgan fingerprint density at radius 1 is 1.38 bits per heavy atom. The molecule has 0 spiro atoms. The second-order valence-corrected chi connectivity index (χ2v) is 6.90. The summed E-state index contributed by atoms with van der Waals surface area (Å²) in [7, 11) is 5.52. The predicted octanol–water partition coefficient (Wildman–Crippen LogP) is 3.48. The summed E-state index contributed by atoms with van der Waals surface area (Å²) in [5, 5.41) is 3.36. The van der Waals surface area contributed by atoms with Gasteiger partial charge in [-0.3, -0.25) is 4.79 Å². The first-order valence-electron chi connectivity index (χ1n) is 7.17. The summed E-state index contributed by atoms with van der Waals surface area (Å²) < 4.78 is 5.23. The number of halogens is 3. The van der Waals surface area contributed by atoms with Gasteiger partial charge in [0, 0.05) is 18.7 Å². The van der Waals surface area contributed by atoms with Crippen LogP contribution < -0.4 is 15.8 Å². The fourth-order valence-electron chi connectivity index (χ4n) is 2.34. The van der Waals surface area contributed by atoms with E-state index in [0.29, 0.717) is 22.0 Å². The van der Waals surface area contributed by atoms with Gasteiger partial charge >= 0.3 is 0 Å². The van der Waals surface area contributed by atoms with E-state index in [1.54, 1.807) is 6.07 Å². The third kappa shape index (κ3) is 6.55. The number of rotatable bonds is 6. The lowest BCUT2D eigenvalue weighted by atomic mass is 9.84. The molecule has 0 aromatic heterocycles. The fraction of sp³-hybridized carbons (Fsp3) is 0.562. The number of amides is 1. The van der Waals surface area contributed by atoms with Crippen molar-refractivity contribution in [3.05, 3.63) is 22.7 Å². The van der Waals surface area contributed by atoms with Crippen LogP contribution in [0.5, 0.6) is 5.75 Å². The first kappa shape index (κ1) is 25.4. The number of nitrogens with one attached hydrogen (secondary N) is 1. The molecule has 1 rings (SSSR count). The number of carbonyl (C=O) groups excluding carboxylic acids is 1. The summed E-state index contributed by atoms with van der Waals surface area (Å²) in [6.45, 7) is 7.08. The molecule has 0 bridgehead atoms. The highest BCUT2D eigenvalue weighted by molar-refractivity contribution is 6.33. The van der Waals surface area contributed by atoms with E-state index in [9.17, 15) is 4.79 Å². The van der Waals surface area contributed by atoms with Crippen LogP contribution in [0, 0.1) is 5.41 Å². The number of nitrogens with zero attached hydrogens (tertiary/aromatic N) is 1. The average molecular weight is 401 g/mol. The van der Waals surface area contributed by atoms with Gasteiger partial charge in [0.15, 0.2) is 0 Å². The molecule has 1 amide bonds. The third-order valence-electron chi connectivity index (χ3n) is 3.81. The second-order valence-electron chi connectivity index (χ2n) is 6.50. The average Bonchev–Trinajstić information content (AvgIpc) is 2.39. The van der Waals surface area contributed by atoms with Gasteiger partial charge in [0.1, 0.15) is 5.75 Å². The van der Waals surface area contributed by atoms with Gasteiger partial charge in [0.05, 0.1) is 23.4 Å². The summed E-state index contributed by atoms with van der Waals surface area (Å²) in [5.41, 5.74) is 6.43. The van der Waals surface area contributed by atoms with Crippen LogP contribution in [0.15, 0.2) is 12.1 Å². The third-order valence-corrected chi connectivity index (χ3v) is 4.13. The van der Waals surface area contributed by atoms with Crippen LogP contribution in [0.4, 0.5) is 5.69 Å². The van der Waals surface area contributed by atoms with Gasteiger partial charge in [0.25, 0.3) is 5.91 Å². The number of benzene rings is 1. The van der Waals surface area contributed by atoms with Crippen LogP contribution in [0.2, 0.25) is 5.02 Å². The van der Waals surface area contributed by atoms with Crippen LogP contribution in [-0.2, 0) is 0 Å². The molecule has 0 saturated carbocycles.